The first-order chi connectivity index (χ1) is 14.1. The molecule has 0 aliphatic rings. The van der Waals surface area contributed by atoms with Gasteiger partial charge in [0.05, 0.1) is 22.4 Å². The highest BCUT2D eigenvalue weighted by Gasteiger charge is 2.14. The van der Waals surface area contributed by atoms with Gasteiger partial charge in [-0.05, 0) is 49.4 Å². The summed E-state index contributed by atoms with van der Waals surface area (Å²) in [6.07, 6.45) is 0. The molecule has 0 saturated heterocycles. The van der Waals surface area contributed by atoms with Crippen LogP contribution < -0.4 is 10.6 Å². The maximum atomic E-state index is 11.8. The summed E-state index contributed by atoms with van der Waals surface area (Å²) in [6.45, 7) is 1.56. The Labute approximate surface area is 169 Å². The Morgan fingerprint density at radius 1 is 0.690 bits per heavy atom. The van der Waals surface area contributed by atoms with E-state index in [0.717, 1.165) is 39.4 Å². The van der Waals surface area contributed by atoms with E-state index < -0.39 is 0 Å². The Bertz CT molecular complexity index is 1180. The molecule has 29 heavy (non-hydrogen) atoms. The number of benzene rings is 3. The summed E-state index contributed by atoms with van der Waals surface area (Å²) in [5.74, 6) is 0.0142. The van der Waals surface area contributed by atoms with Crippen LogP contribution in [-0.2, 0) is 0 Å². The molecule has 5 heteroatoms. The second kappa shape index (κ2) is 7.72. The van der Waals surface area contributed by atoms with E-state index in [9.17, 15) is 4.79 Å². The van der Waals surface area contributed by atoms with Gasteiger partial charge < -0.3 is 10.6 Å². The van der Waals surface area contributed by atoms with Crippen molar-refractivity contribution in [2.24, 2.45) is 0 Å². The molecule has 0 atom stereocenters. The molecule has 0 saturated carbocycles. The molecule has 0 aliphatic heterocycles. The second-order valence-electron chi connectivity index (χ2n) is 6.84. The van der Waals surface area contributed by atoms with E-state index in [4.69, 9.17) is 9.97 Å². The fraction of sp³-hybridized carbons (Fsp3) is 0.125. The standard InChI is InChI=1S/C24H22N4O/c1-15(29)18-8-13-21-22(14-18)28-24(17-6-11-20(26-3)12-7-17)23(27-21)16-4-9-19(25-2)10-5-16/h4-14,25-26H,1-3H3. The lowest BCUT2D eigenvalue weighted by Crippen LogP contribution is -1.98. The molecule has 2 N–H and O–H groups in total. The van der Waals surface area contributed by atoms with Crippen molar-refractivity contribution in [1.29, 1.82) is 0 Å². The SMILES string of the molecule is CNc1ccc(-c2nc3ccc(C(C)=O)cc3nc2-c2ccc(NC)cc2)cc1. The van der Waals surface area contributed by atoms with E-state index in [1.165, 1.54) is 0 Å². The zero-order valence-corrected chi connectivity index (χ0v) is 16.7. The van der Waals surface area contributed by atoms with E-state index in [1.807, 2.05) is 74.8 Å². The van der Waals surface area contributed by atoms with Gasteiger partial charge in [-0.2, -0.15) is 0 Å². The smallest absolute Gasteiger partial charge is 0.159 e. The van der Waals surface area contributed by atoms with Crippen LogP contribution in [0.25, 0.3) is 33.5 Å². The molecule has 3 aromatic carbocycles. The van der Waals surface area contributed by atoms with Gasteiger partial charge in [0.25, 0.3) is 0 Å². The van der Waals surface area contributed by atoms with Crippen LogP contribution in [0.5, 0.6) is 0 Å². The van der Waals surface area contributed by atoms with Crippen LogP contribution >= 0.6 is 0 Å². The van der Waals surface area contributed by atoms with Crippen LogP contribution in [0.15, 0.2) is 66.7 Å². The van der Waals surface area contributed by atoms with Crippen molar-refractivity contribution >= 4 is 28.2 Å². The quantitative estimate of drug-likeness (QED) is 0.462. The van der Waals surface area contributed by atoms with Gasteiger partial charge in [0.15, 0.2) is 5.78 Å². The zero-order valence-electron chi connectivity index (χ0n) is 16.7. The van der Waals surface area contributed by atoms with Crippen LogP contribution in [-0.4, -0.2) is 29.8 Å². The van der Waals surface area contributed by atoms with Crippen LogP contribution in [0.1, 0.15) is 17.3 Å². The van der Waals surface area contributed by atoms with Gasteiger partial charge in [0, 0.05) is 42.2 Å². The molecule has 1 aromatic heterocycles. The molecule has 0 amide bonds. The predicted molar refractivity (Wildman–Crippen MR) is 120 cm³/mol. The molecular formula is C24H22N4O. The van der Waals surface area contributed by atoms with Crippen molar-refractivity contribution in [1.82, 2.24) is 9.97 Å². The maximum Gasteiger partial charge on any atom is 0.159 e. The van der Waals surface area contributed by atoms with Crippen molar-refractivity contribution in [2.75, 3.05) is 24.7 Å². The average Bonchev–Trinajstić information content (AvgIpc) is 2.78. The fourth-order valence-electron chi connectivity index (χ4n) is 3.27. The Morgan fingerprint density at radius 3 is 1.62 bits per heavy atom. The molecule has 0 fully saturated rings. The lowest BCUT2D eigenvalue weighted by Gasteiger charge is -2.12. The normalized spacial score (nSPS) is 10.7. The minimum absolute atomic E-state index is 0.0142. The molecule has 0 aliphatic carbocycles. The predicted octanol–water partition coefficient (Wildman–Crippen LogP) is 5.25. The number of fused-ring (bicyclic) bond motifs is 1. The van der Waals surface area contributed by atoms with E-state index in [2.05, 4.69) is 10.6 Å². The second-order valence-corrected chi connectivity index (χ2v) is 6.84. The Morgan fingerprint density at radius 2 is 1.17 bits per heavy atom. The van der Waals surface area contributed by atoms with Crippen LogP contribution in [0, 0.1) is 0 Å². The summed E-state index contributed by atoms with van der Waals surface area (Å²) >= 11 is 0. The van der Waals surface area contributed by atoms with Gasteiger partial charge in [-0.25, -0.2) is 9.97 Å². The van der Waals surface area contributed by atoms with Gasteiger partial charge in [0.1, 0.15) is 0 Å². The first kappa shape index (κ1) is 18.6. The van der Waals surface area contributed by atoms with E-state index in [-0.39, 0.29) is 5.78 Å². The first-order valence-corrected chi connectivity index (χ1v) is 9.48. The summed E-state index contributed by atoms with van der Waals surface area (Å²) in [5, 5.41) is 6.27. The summed E-state index contributed by atoms with van der Waals surface area (Å²) in [6, 6.07) is 21.7. The molecule has 4 rings (SSSR count). The summed E-state index contributed by atoms with van der Waals surface area (Å²) < 4.78 is 0. The lowest BCUT2D eigenvalue weighted by molar-refractivity contribution is 0.101. The number of carbonyl (C=O) groups excluding carboxylic acids is 1. The molecule has 0 spiro atoms. The first-order valence-electron chi connectivity index (χ1n) is 9.48. The molecule has 0 radical (unpaired) electrons. The molecule has 0 bridgehead atoms. The summed E-state index contributed by atoms with van der Waals surface area (Å²) in [5.41, 5.74) is 7.73. The van der Waals surface area contributed by atoms with Gasteiger partial charge in [-0.3, -0.25) is 4.79 Å². The third-order valence-electron chi connectivity index (χ3n) is 4.96. The van der Waals surface area contributed by atoms with Gasteiger partial charge in [-0.15, -0.1) is 0 Å². The molecule has 5 nitrogen and oxygen atoms in total. The largest absolute Gasteiger partial charge is 0.388 e. The highest BCUT2D eigenvalue weighted by Crippen LogP contribution is 2.32. The molecule has 1 heterocycles. The number of anilines is 2. The van der Waals surface area contributed by atoms with Gasteiger partial charge in [-0.1, -0.05) is 24.3 Å². The minimum atomic E-state index is 0.0142. The van der Waals surface area contributed by atoms with E-state index in [0.29, 0.717) is 11.1 Å². The number of carbonyl (C=O) groups is 1. The molecule has 0 unspecified atom stereocenters. The van der Waals surface area contributed by atoms with Crippen molar-refractivity contribution < 1.29 is 4.79 Å². The number of hydrogen-bond donors (Lipinski definition) is 2. The number of Topliss-reactive ketones (excluding diaryl/α,β-unsaturated/α-hetero) is 1. The number of aromatic nitrogens is 2. The van der Waals surface area contributed by atoms with Crippen LogP contribution in [0.2, 0.25) is 0 Å². The lowest BCUT2D eigenvalue weighted by atomic mass is 10.0. The number of hydrogen-bond acceptors (Lipinski definition) is 5. The number of rotatable bonds is 5. The third kappa shape index (κ3) is 3.67. The van der Waals surface area contributed by atoms with E-state index in [1.54, 1.807) is 13.0 Å². The highest BCUT2D eigenvalue weighted by atomic mass is 16.1. The van der Waals surface area contributed by atoms with Crippen molar-refractivity contribution in [3.8, 4) is 22.5 Å². The summed E-state index contributed by atoms with van der Waals surface area (Å²) in [7, 11) is 3.79. The fourth-order valence-corrected chi connectivity index (χ4v) is 3.27. The zero-order chi connectivity index (χ0) is 20.4. The monoisotopic (exact) mass is 382 g/mol. The van der Waals surface area contributed by atoms with E-state index >= 15 is 0 Å². The van der Waals surface area contributed by atoms with Crippen molar-refractivity contribution in [2.45, 2.75) is 6.92 Å². The van der Waals surface area contributed by atoms with Gasteiger partial charge >= 0.3 is 0 Å². The highest BCUT2D eigenvalue weighted by molar-refractivity contribution is 5.98. The van der Waals surface area contributed by atoms with Crippen LogP contribution in [0.4, 0.5) is 11.4 Å². The molecule has 144 valence electrons. The third-order valence-corrected chi connectivity index (χ3v) is 4.96. The topological polar surface area (TPSA) is 66.9 Å². The number of nitrogens with zero attached hydrogens (tertiary/aromatic N) is 2. The Hall–Kier alpha value is -3.73. The number of ketones is 1. The Kier molecular flexibility index (Phi) is 4.96. The van der Waals surface area contributed by atoms with Crippen LogP contribution in [0.3, 0.4) is 0 Å². The average molecular weight is 382 g/mol. The Balaban J connectivity index is 1.94. The molecular weight excluding hydrogens is 360 g/mol. The maximum absolute atomic E-state index is 11.8. The number of nitrogens with one attached hydrogen (secondary N) is 2. The molecule has 4 aromatic rings. The summed E-state index contributed by atoms with van der Waals surface area (Å²) in [4.78, 5) is 21.6. The van der Waals surface area contributed by atoms with Gasteiger partial charge in [0.2, 0.25) is 0 Å². The minimum Gasteiger partial charge on any atom is -0.388 e. The van der Waals surface area contributed by atoms with Crippen molar-refractivity contribution in [3.63, 3.8) is 0 Å². The van der Waals surface area contributed by atoms with Crippen molar-refractivity contribution in [3.05, 3.63) is 72.3 Å².